The van der Waals surface area contributed by atoms with Crippen molar-refractivity contribution in [1.29, 1.82) is 0 Å². The minimum absolute atomic E-state index is 0.0556. The normalized spacial score (nSPS) is 15.0. The fraction of sp³-hybridized carbons (Fsp3) is 0.250. The number of aryl methyl sites for hydroxylation is 2. The van der Waals surface area contributed by atoms with Crippen LogP contribution < -0.4 is 4.74 Å². The number of phenolic OH excluding ortho intramolecular Hbond substituents is 1. The summed E-state index contributed by atoms with van der Waals surface area (Å²) in [6, 6.07) is 5.07. The number of rotatable bonds is 2. The fourth-order valence-electron chi connectivity index (χ4n) is 3.35. The Morgan fingerprint density at radius 1 is 1.08 bits per heavy atom. The molecule has 3 rings (SSSR count). The second kappa shape index (κ2) is 5.84. The summed E-state index contributed by atoms with van der Waals surface area (Å²) in [6.07, 6.45) is 1.88. The van der Waals surface area contributed by atoms with Crippen LogP contribution in [0, 0.1) is 13.8 Å². The van der Waals surface area contributed by atoms with Crippen molar-refractivity contribution < 1.29 is 24.9 Å². The van der Waals surface area contributed by atoms with E-state index in [-0.39, 0.29) is 17.1 Å². The predicted molar refractivity (Wildman–Crippen MR) is 94.0 cm³/mol. The second-order valence-electron chi connectivity index (χ2n) is 6.65. The minimum Gasteiger partial charge on any atom is -0.507 e. The van der Waals surface area contributed by atoms with Gasteiger partial charge in [0.05, 0.1) is 0 Å². The maximum atomic E-state index is 11.5. The number of hydrogen-bond donors (Lipinski definition) is 3. The maximum Gasteiger partial charge on any atom is 0.339 e. The number of fused-ring (bicyclic) bond motifs is 2. The highest BCUT2D eigenvalue weighted by molar-refractivity contribution is 5.94. The van der Waals surface area contributed by atoms with E-state index in [1.165, 1.54) is 0 Å². The molecule has 1 atom stereocenters. The Bertz CT molecular complexity index is 920. The monoisotopic (exact) mass is 340 g/mol. The third-order valence-corrected chi connectivity index (χ3v) is 4.32. The lowest BCUT2D eigenvalue weighted by atomic mass is 9.83. The van der Waals surface area contributed by atoms with Crippen molar-refractivity contribution in [2.45, 2.75) is 33.6 Å². The molecule has 0 bridgehead atoms. The molecule has 1 unspecified atom stereocenters. The van der Waals surface area contributed by atoms with Crippen molar-refractivity contribution in [2.24, 2.45) is 0 Å². The molecular weight excluding hydrogens is 320 g/mol. The summed E-state index contributed by atoms with van der Waals surface area (Å²) in [5.74, 6) is -1.05. The summed E-state index contributed by atoms with van der Waals surface area (Å²) >= 11 is 0. The van der Waals surface area contributed by atoms with Gasteiger partial charge in [0.1, 0.15) is 28.6 Å². The second-order valence-corrected chi connectivity index (χ2v) is 6.65. The molecule has 0 amide bonds. The predicted octanol–water partition coefficient (Wildman–Crippen LogP) is 4.62. The SMILES string of the molecule is CC(C)=CC1c2c(O)cc(C)cc2Oc2cc(C)c(C(=O)O)c(O)c21. The highest BCUT2D eigenvalue weighted by Crippen LogP contribution is 2.53. The number of carboxylic acids is 1. The van der Waals surface area contributed by atoms with Crippen molar-refractivity contribution >= 4 is 5.97 Å². The first-order chi connectivity index (χ1) is 11.7. The van der Waals surface area contributed by atoms with Crippen molar-refractivity contribution in [1.82, 2.24) is 0 Å². The van der Waals surface area contributed by atoms with Gasteiger partial charge in [-0.2, -0.15) is 0 Å². The number of allylic oxidation sites excluding steroid dienone is 2. The molecule has 130 valence electrons. The zero-order chi connectivity index (χ0) is 18.5. The maximum absolute atomic E-state index is 11.5. The van der Waals surface area contributed by atoms with Gasteiger partial charge in [0.2, 0.25) is 0 Å². The van der Waals surface area contributed by atoms with Crippen molar-refractivity contribution in [3.05, 3.63) is 57.7 Å². The fourth-order valence-corrected chi connectivity index (χ4v) is 3.35. The van der Waals surface area contributed by atoms with Crippen LogP contribution in [0.25, 0.3) is 0 Å². The zero-order valence-corrected chi connectivity index (χ0v) is 14.5. The van der Waals surface area contributed by atoms with Gasteiger partial charge in [-0.05, 0) is 57.0 Å². The van der Waals surface area contributed by atoms with Crippen molar-refractivity contribution in [3.63, 3.8) is 0 Å². The first-order valence-electron chi connectivity index (χ1n) is 7.96. The third kappa shape index (κ3) is 2.71. The highest BCUT2D eigenvalue weighted by Gasteiger charge is 2.34. The number of carbonyl (C=O) groups is 1. The molecule has 25 heavy (non-hydrogen) atoms. The quantitative estimate of drug-likeness (QED) is 0.695. The number of aromatic hydroxyl groups is 2. The van der Waals surface area contributed by atoms with E-state index in [9.17, 15) is 20.1 Å². The van der Waals surface area contributed by atoms with Gasteiger partial charge < -0.3 is 20.1 Å². The number of hydrogen-bond acceptors (Lipinski definition) is 4. The van der Waals surface area contributed by atoms with Crippen LogP contribution in [0.15, 0.2) is 29.8 Å². The molecule has 1 heterocycles. The van der Waals surface area contributed by atoms with Gasteiger partial charge in [0, 0.05) is 17.0 Å². The first kappa shape index (κ1) is 16.9. The van der Waals surface area contributed by atoms with Crippen LogP contribution in [-0.2, 0) is 0 Å². The Labute approximate surface area is 145 Å². The zero-order valence-electron chi connectivity index (χ0n) is 14.5. The molecule has 5 heteroatoms. The molecular formula is C20H20O5. The number of aromatic carboxylic acids is 1. The van der Waals surface area contributed by atoms with E-state index < -0.39 is 11.9 Å². The van der Waals surface area contributed by atoms with Crippen LogP contribution in [0.1, 0.15) is 52.4 Å². The molecule has 0 aromatic heterocycles. The number of ether oxygens (including phenoxy) is 1. The Morgan fingerprint density at radius 2 is 1.72 bits per heavy atom. The van der Waals surface area contributed by atoms with Crippen LogP contribution in [0.2, 0.25) is 0 Å². The van der Waals surface area contributed by atoms with Crippen LogP contribution in [0.5, 0.6) is 23.0 Å². The van der Waals surface area contributed by atoms with Gasteiger partial charge in [-0.25, -0.2) is 4.79 Å². The summed E-state index contributed by atoms with van der Waals surface area (Å²) in [7, 11) is 0. The average Bonchev–Trinajstić information content (AvgIpc) is 2.44. The Hall–Kier alpha value is -2.95. The topological polar surface area (TPSA) is 87.0 Å². The lowest BCUT2D eigenvalue weighted by Crippen LogP contribution is -2.13. The molecule has 1 aliphatic heterocycles. The molecule has 0 aliphatic carbocycles. The van der Waals surface area contributed by atoms with Gasteiger partial charge in [-0.3, -0.25) is 0 Å². The Kier molecular flexibility index (Phi) is 3.95. The Balaban J connectivity index is 2.37. The summed E-state index contributed by atoms with van der Waals surface area (Å²) in [4.78, 5) is 11.5. The smallest absolute Gasteiger partial charge is 0.339 e. The van der Waals surface area contributed by atoms with E-state index in [0.717, 1.165) is 11.1 Å². The largest absolute Gasteiger partial charge is 0.507 e. The highest BCUT2D eigenvalue weighted by atomic mass is 16.5. The summed E-state index contributed by atoms with van der Waals surface area (Å²) in [6.45, 7) is 7.28. The molecule has 0 spiro atoms. The van der Waals surface area contributed by atoms with Crippen LogP contribution in [-0.4, -0.2) is 21.3 Å². The summed E-state index contributed by atoms with van der Waals surface area (Å²) in [5, 5.41) is 30.6. The van der Waals surface area contributed by atoms with E-state index in [1.807, 2.05) is 32.9 Å². The summed E-state index contributed by atoms with van der Waals surface area (Å²) < 4.78 is 5.91. The molecule has 1 aliphatic rings. The lowest BCUT2D eigenvalue weighted by molar-refractivity contribution is 0.0692. The lowest BCUT2D eigenvalue weighted by Gasteiger charge is -2.29. The third-order valence-electron chi connectivity index (χ3n) is 4.32. The van der Waals surface area contributed by atoms with Crippen LogP contribution in [0.3, 0.4) is 0 Å². The molecule has 0 saturated carbocycles. The molecule has 0 fully saturated rings. The average molecular weight is 340 g/mol. The van der Waals surface area contributed by atoms with Crippen molar-refractivity contribution in [2.75, 3.05) is 0 Å². The number of carboxylic acid groups (broad SMARTS) is 1. The number of phenols is 2. The van der Waals surface area contributed by atoms with E-state index >= 15 is 0 Å². The molecule has 2 aromatic carbocycles. The minimum atomic E-state index is -1.20. The van der Waals surface area contributed by atoms with Crippen LogP contribution in [0.4, 0.5) is 0 Å². The first-order valence-corrected chi connectivity index (χ1v) is 7.96. The molecule has 2 aromatic rings. The van der Waals surface area contributed by atoms with Gasteiger partial charge in [-0.15, -0.1) is 0 Å². The standard InChI is InChI=1S/C20H20O5/c1-9(2)5-12-17-13(21)6-10(3)7-14(17)25-15-8-11(4)16(20(23)24)19(22)18(12)15/h5-8,12,21-22H,1-4H3,(H,23,24). The molecule has 5 nitrogen and oxygen atoms in total. The molecule has 0 saturated heterocycles. The number of benzene rings is 2. The molecule has 0 radical (unpaired) electrons. The van der Waals surface area contributed by atoms with Crippen molar-refractivity contribution in [3.8, 4) is 23.0 Å². The van der Waals surface area contributed by atoms with E-state index in [4.69, 9.17) is 4.74 Å². The van der Waals surface area contributed by atoms with Gasteiger partial charge in [0.25, 0.3) is 0 Å². The van der Waals surface area contributed by atoms with Gasteiger partial charge in [-0.1, -0.05) is 11.6 Å². The van der Waals surface area contributed by atoms with E-state index in [0.29, 0.717) is 28.2 Å². The van der Waals surface area contributed by atoms with Gasteiger partial charge >= 0.3 is 5.97 Å². The van der Waals surface area contributed by atoms with E-state index in [1.54, 1.807) is 19.1 Å². The van der Waals surface area contributed by atoms with E-state index in [2.05, 4.69) is 0 Å². The summed E-state index contributed by atoms with van der Waals surface area (Å²) in [5.41, 5.74) is 2.97. The van der Waals surface area contributed by atoms with Crippen LogP contribution >= 0.6 is 0 Å². The Morgan fingerprint density at radius 3 is 2.32 bits per heavy atom. The van der Waals surface area contributed by atoms with Gasteiger partial charge in [0.15, 0.2) is 0 Å². The molecule has 3 N–H and O–H groups in total.